The fraction of sp³-hybridized carbons (Fsp3) is 0.235. The van der Waals surface area contributed by atoms with Gasteiger partial charge in [-0.15, -0.1) is 0 Å². The number of carbonyl (C=O) groups is 2. The Bertz CT molecular complexity index is 1300. The summed E-state index contributed by atoms with van der Waals surface area (Å²) in [5, 5.41) is 6.06. The predicted molar refractivity (Wildman–Crippen MR) is 159 cm³/mol. The van der Waals surface area contributed by atoms with Crippen LogP contribution in [0, 0.1) is 0 Å². The molecule has 1 aliphatic rings. The van der Waals surface area contributed by atoms with Gasteiger partial charge in [-0.3, -0.25) is 9.59 Å². The van der Waals surface area contributed by atoms with Crippen LogP contribution in [0.25, 0.3) is 0 Å². The van der Waals surface area contributed by atoms with E-state index >= 15 is 0 Å². The zero-order valence-corrected chi connectivity index (χ0v) is 23.2. The Labute approximate surface area is 245 Å². The van der Waals surface area contributed by atoms with Gasteiger partial charge >= 0.3 is 0 Å². The monoisotopic (exact) mass is 566 g/mol. The highest BCUT2D eigenvalue weighted by Gasteiger charge is 2.28. The summed E-state index contributed by atoms with van der Waals surface area (Å²) in [6, 6.07) is 32.9. The van der Waals surface area contributed by atoms with Crippen molar-refractivity contribution in [2.75, 3.05) is 13.2 Å². The summed E-state index contributed by atoms with van der Waals surface area (Å²) >= 11 is 0. The van der Waals surface area contributed by atoms with Crippen molar-refractivity contribution in [1.82, 2.24) is 10.6 Å². The molecule has 4 aromatic rings. The van der Waals surface area contributed by atoms with Crippen LogP contribution >= 0.6 is 0 Å². The molecule has 0 aromatic heterocycles. The van der Waals surface area contributed by atoms with Crippen molar-refractivity contribution >= 4 is 11.8 Å². The van der Waals surface area contributed by atoms with Crippen LogP contribution < -0.4 is 29.6 Å². The predicted octanol–water partition coefficient (Wildman–Crippen LogP) is 6.27. The van der Waals surface area contributed by atoms with E-state index in [-0.39, 0.29) is 37.1 Å². The molecular formula is C34H34N2O6. The zero-order chi connectivity index (χ0) is 29.0. The van der Waals surface area contributed by atoms with Crippen molar-refractivity contribution in [2.24, 2.45) is 0 Å². The largest absolute Gasteiger partial charge is 0.484 e. The van der Waals surface area contributed by atoms with E-state index < -0.39 is 0 Å². The summed E-state index contributed by atoms with van der Waals surface area (Å²) in [5.74, 6) is 3.50. The fourth-order valence-electron chi connectivity index (χ4n) is 4.73. The Kier molecular flexibility index (Phi) is 9.92. The first-order valence-corrected chi connectivity index (χ1v) is 14.1. The minimum absolute atomic E-state index is 0.122. The van der Waals surface area contributed by atoms with Crippen LogP contribution in [-0.2, 0) is 9.59 Å². The second-order valence-electron chi connectivity index (χ2n) is 9.98. The first-order chi connectivity index (χ1) is 20.6. The third-order valence-electron chi connectivity index (χ3n) is 6.80. The fourth-order valence-corrected chi connectivity index (χ4v) is 4.73. The molecule has 0 saturated heterocycles. The maximum atomic E-state index is 12.7. The lowest BCUT2D eigenvalue weighted by molar-refractivity contribution is -0.127. The van der Waals surface area contributed by atoms with E-state index in [1.165, 1.54) is 0 Å². The highest BCUT2D eigenvalue weighted by molar-refractivity contribution is 5.79. The maximum Gasteiger partial charge on any atom is 0.258 e. The number of rotatable bonds is 12. The Morgan fingerprint density at radius 1 is 0.500 bits per heavy atom. The SMILES string of the molecule is O=C(COc1ccc(Oc2ccccc2)cc1)N[C@H]1CCCC[C@H]1NC(=O)COc1ccc(Oc2ccccc2)cc1. The van der Waals surface area contributed by atoms with E-state index in [0.717, 1.165) is 37.2 Å². The van der Waals surface area contributed by atoms with Gasteiger partial charge in [0.05, 0.1) is 0 Å². The second kappa shape index (κ2) is 14.6. The lowest BCUT2D eigenvalue weighted by Crippen LogP contribution is -2.54. The van der Waals surface area contributed by atoms with Gasteiger partial charge in [0.25, 0.3) is 11.8 Å². The van der Waals surface area contributed by atoms with Gasteiger partial charge in [-0.1, -0.05) is 49.2 Å². The van der Waals surface area contributed by atoms with E-state index in [4.69, 9.17) is 18.9 Å². The standard InChI is InChI=1S/C34H34N2O6/c37-33(23-39-25-15-19-29(20-16-25)41-27-9-3-1-4-10-27)35-31-13-7-8-14-32(31)36-34(38)24-40-26-17-21-30(22-18-26)42-28-11-5-2-6-12-28/h1-6,9-12,15-22,31-32H,7-8,13-14,23-24H2,(H,35,37)(H,36,38)/t31-,32+. The van der Waals surface area contributed by atoms with Crippen LogP contribution in [0.5, 0.6) is 34.5 Å². The van der Waals surface area contributed by atoms with E-state index in [2.05, 4.69) is 10.6 Å². The molecule has 0 spiro atoms. The molecule has 4 aromatic carbocycles. The molecule has 216 valence electrons. The number of benzene rings is 4. The van der Waals surface area contributed by atoms with Crippen molar-refractivity contribution in [3.8, 4) is 34.5 Å². The van der Waals surface area contributed by atoms with E-state index in [9.17, 15) is 9.59 Å². The number of carbonyl (C=O) groups excluding carboxylic acids is 2. The molecule has 8 heteroatoms. The molecular weight excluding hydrogens is 532 g/mol. The Hall–Kier alpha value is -4.98. The average molecular weight is 567 g/mol. The van der Waals surface area contributed by atoms with Crippen LogP contribution in [0.4, 0.5) is 0 Å². The van der Waals surface area contributed by atoms with Crippen molar-refractivity contribution in [2.45, 2.75) is 37.8 Å². The minimum Gasteiger partial charge on any atom is -0.484 e. The summed E-state index contributed by atoms with van der Waals surface area (Å²) in [7, 11) is 0. The van der Waals surface area contributed by atoms with E-state index in [1.807, 2.05) is 60.7 Å². The highest BCUT2D eigenvalue weighted by Crippen LogP contribution is 2.25. The van der Waals surface area contributed by atoms with Crippen LogP contribution in [0.1, 0.15) is 25.7 Å². The summed E-state index contributed by atoms with van der Waals surface area (Å²) in [5.41, 5.74) is 0. The quantitative estimate of drug-likeness (QED) is 0.210. The van der Waals surface area contributed by atoms with Gasteiger partial charge in [0.1, 0.15) is 34.5 Å². The van der Waals surface area contributed by atoms with Crippen molar-refractivity contribution in [1.29, 1.82) is 0 Å². The normalized spacial score (nSPS) is 16.1. The van der Waals surface area contributed by atoms with Gasteiger partial charge in [0.15, 0.2) is 13.2 Å². The van der Waals surface area contributed by atoms with Crippen molar-refractivity contribution < 1.29 is 28.5 Å². The minimum atomic E-state index is -0.236. The Morgan fingerprint density at radius 2 is 0.833 bits per heavy atom. The van der Waals surface area contributed by atoms with E-state index in [0.29, 0.717) is 23.0 Å². The van der Waals surface area contributed by atoms with Crippen LogP contribution in [0.2, 0.25) is 0 Å². The molecule has 5 rings (SSSR count). The lowest BCUT2D eigenvalue weighted by Gasteiger charge is -2.32. The van der Waals surface area contributed by atoms with Gasteiger partial charge in [-0.05, 0) is 85.6 Å². The van der Waals surface area contributed by atoms with Crippen LogP contribution in [0.15, 0.2) is 109 Å². The summed E-state index contributed by atoms with van der Waals surface area (Å²) in [4.78, 5) is 25.3. The highest BCUT2D eigenvalue weighted by atomic mass is 16.5. The molecule has 42 heavy (non-hydrogen) atoms. The van der Waals surface area contributed by atoms with E-state index in [1.54, 1.807) is 48.5 Å². The van der Waals surface area contributed by atoms with Gasteiger partial charge in [0, 0.05) is 12.1 Å². The third kappa shape index (κ3) is 8.76. The molecule has 1 saturated carbocycles. The van der Waals surface area contributed by atoms with Crippen molar-refractivity contribution in [3.63, 3.8) is 0 Å². The average Bonchev–Trinajstić information content (AvgIpc) is 3.02. The molecule has 0 bridgehead atoms. The molecule has 0 radical (unpaired) electrons. The first-order valence-electron chi connectivity index (χ1n) is 14.1. The summed E-state index contributed by atoms with van der Waals surface area (Å²) < 4.78 is 22.9. The number of hydrogen-bond donors (Lipinski definition) is 2. The summed E-state index contributed by atoms with van der Waals surface area (Å²) in [6.07, 6.45) is 3.53. The molecule has 1 fully saturated rings. The lowest BCUT2D eigenvalue weighted by atomic mass is 9.90. The topological polar surface area (TPSA) is 95.1 Å². The second-order valence-corrected chi connectivity index (χ2v) is 9.98. The number of nitrogens with one attached hydrogen (secondary N) is 2. The van der Waals surface area contributed by atoms with Gasteiger partial charge in [0.2, 0.25) is 0 Å². The molecule has 1 aliphatic carbocycles. The number of amides is 2. The summed E-state index contributed by atoms with van der Waals surface area (Å²) in [6.45, 7) is -0.244. The van der Waals surface area contributed by atoms with Crippen LogP contribution in [-0.4, -0.2) is 37.1 Å². The molecule has 2 N–H and O–H groups in total. The smallest absolute Gasteiger partial charge is 0.258 e. The molecule has 0 aliphatic heterocycles. The van der Waals surface area contributed by atoms with Crippen LogP contribution in [0.3, 0.4) is 0 Å². The Balaban J connectivity index is 1.04. The molecule has 2 amide bonds. The number of hydrogen-bond acceptors (Lipinski definition) is 6. The first kappa shape index (κ1) is 28.5. The Morgan fingerprint density at radius 3 is 1.21 bits per heavy atom. The third-order valence-corrected chi connectivity index (χ3v) is 6.80. The molecule has 0 heterocycles. The van der Waals surface area contributed by atoms with Gasteiger partial charge in [-0.25, -0.2) is 0 Å². The molecule has 2 atom stereocenters. The zero-order valence-electron chi connectivity index (χ0n) is 23.2. The van der Waals surface area contributed by atoms with Crippen molar-refractivity contribution in [3.05, 3.63) is 109 Å². The van der Waals surface area contributed by atoms with Gasteiger partial charge < -0.3 is 29.6 Å². The number of ether oxygens (including phenoxy) is 4. The number of para-hydroxylation sites is 2. The maximum absolute atomic E-state index is 12.7. The molecule has 0 unspecified atom stereocenters. The van der Waals surface area contributed by atoms with Gasteiger partial charge in [-0.2, -0.15) is 0 Å². The molecule has 8 nitrogen and oxygen atoms in total.